The third kappa shape index (κ3) is 8.64. The van der Waals surface area contributed by atoms with Gasteiger partial charge in [-0.1, -0.05) is 41.4 Å². The van der Waals surface area contributed by atoms with Crippen molar-refractivity contribution in [2.75, 3.05) is 33.0 Å². The molecule has 2 aromatic rings. The molecule has 1 fully saturated rings. The van der Waals surface area contributed by atoms with Crippen LogP contribution in [0.1, 0.15) is 24.0 Å². The molecular formula is C28H31Cl2N3O6S. The van der Waals surface area contributed by atoms with E-state index in [0.29, 0.717) is 47.3 Å². The number of carboxylic acids is 1. The number of rotatable bonds is 11. The fraction of sp³-hybridized carbons (Fsp3) is 0.357. The average molecular weight is 609 g/mol. The maximum absolute atomic E-state index is 12.8. The third-order valence-electron chi connectivity index (χ3n) is 6.52. The Labute approximate surface area is 247 Å². The van der Waals surface area contributed by atoms with Crippen molar-refractivity contribution in [3.05, 3.63) is 63.6 Å². The van der Waals surface area contributed by atoms with Gasteiger partial charge in [-0.3, -0.25) is 14.4 Å². The van der Waals surface area contributed by atoms with E-state index in [2.05, 4.69) is 10.6 Å². The highest BCUT2D eigenvalue weighted by Crippen LogP contribution is 2.35. The molecule has 1 aliphatic rings. The number of likely N-dealkylation sites (tertiary alicyclic amines) is 1. The summed E-state index contributed by atoms with van der Waals surface area (Å²) in [4.78, 5) is 51.9. The van der Waals surface area contributed by atoms with Crippen LogP contribution in [0.4, 0.5) is 0 Å². The van der Waals surface area contributed by atoms with Gasteiger partial charge in [0.25, 0.3) is 0 Å². The van der Waals surface area contributed by atoms with Crippen molar-refractivity contribution in [3.8, 4) is 5.75 Å². The van der Waals surface area contributed by atoms with Crippen LogP contribution < -0.4 is 15.4 Å². The van der Waals surface area contributed by atoms with E-state index in [1.165, 1.54) is 17.8 Å². The lowest BCUT2D eigenvalue weighted by molar-refractivity contribution is -0.142. The summed E-state index contributed by atoms with van der Waals surface area (Å²) >= 11 is 14.1. The number of carboxylic acid groups (broad SMARTS) is 1. The van der Waals surface area contributed by atoms with Crippen LogP contribution in [-0.4, -0.2) is 72.7 Å². The minimum atomic E-state index is -1.27. The molecule has 1 saturated heterocycles. The first-order chi connectivity index (χ1) is 19.1. The molecule has 1 unspecified atom stereocenters. The number of thioether (sulfide) groups is 1. The van der Waals surface area contributed by atoms with E-state index in [4.69, 9.17) is 27.9 Å². The number of ether oxygens (including phenoxy) is 1. The van der Waals surface area contributed by atoms with Gasteiger partial charge in [0.2, 0.25) is 17.7 Å². The zero-order valence-electron chi connectivity index (χ0n) is 22.1. The number of amides is 3. The Morgan fingerprint density at radius 1 is 1.10 bits per heavy atom. The maximum atomic E-state index is 12.8. The minimum Gasteiger partial charge on any atom is -0.497 e. The number of nitrogens with zero attached hydrogens (tertiary/aromatic N) is 1. The largest absolute Gasteiger partial charge is 0.497 e. The van der Waals surface area contributed by atoms with Gasteiger partial charge in [0, 0.05) is 36.5 Å². The third-order valence-corrected chi connectivity index (χ3v) is 8.31. The number of benzene rings is 2. The molecule has 3 amide bonds. The summed E-state index contributed by atoms with van der Waals surface area (Å²) in [5.41, 5.74) is 1.37. The van der Waals surface area contributed by atoms with Crippen molar-refractivity contribution >= 4 is 64.7 Å². The number of carbonyl (C=O) groups is 4. The molecule has 0 aliphatic carbocycles. The van der Waals surface area contributed by atoms with Gasteiger partial charge in [-0.2, -0.15) is 0 Å². The van der Waals surface area contributed by atoms with Crippen molar-refractivity contribution in [1.82, 2.24) is 15.5 Å². The van der Waals surface area contributed by atoms with Crippen LogP contribution in [0, 0.1) is 5.92 Å². The van der Waals surface area contributed by atoms with Crippen LogP contribution in [0.2, 0.25) is 10.0 Å². The second-order valence-corrected chi connectivity index (χ2v) is 10.8. The first-order valence-electron chi connectivity index (χ1n) is 12.5. The summed E-state index contributed by atoms with van der Waals surface area (Å²) in [7, 11) is 1.55. The van der Waals surface area contributed by atoms with Crippen molar-refractivity contribution in [3.63, 3.8) is 0 Å². The highest BCUT2D eigenvalue weighted by molar-refractivity contribution is 7.98. The molecule has 9 nitrogen and oxygen atoms in total. The average Bonchev–Trinajstić information content (AvgIpc) is 2.96. The summed E-state index contributed by atoms with van der Waals surface area (Å²) in [6.45, 7) is 0.442. The van der Waals surface area contributed by atoms with Gasteiger partial charge in [0.15, 0.2) is 0 Å². The molecule has 0 radical (unpaired) electrons. The number of halogens is 2. The van der Waals surface area contributed by atoms with E-state index >= 15 is 0 Å². The molecule has 12 heteroatoms. The predicted octanol–water partition coefficient (Wildman–Crippen LogP) is 3.90. The van der Waals surface area contributed by atoms with E-state index in [-0.39, 0.29) is 24.8 Å². The van der Waals surface area contributed by atoms with E-state index < -0.39 is 23.8 Å². The van der Waals surface area contributed by atoms with Crippen molar-refractivity contribution in [1.29, 1.82) is 0 Å². The Kier molecular flexibility index (Phi) is 11.7. The molecule has 40 heavy (non-hydrogen) atoms. The zero-order chi connectivity index (χ0) is 29.2. The summed E-state index contributed by atoms with van der Waals surface area (Å²) in [5.74, 6) is -2.04. The molecule has 3 N–H and O–H groups in total. The number of methoxy groups -OCH3 is 1. The van der Waals surface area contributed by atoms with Gasteiger partial charge in [-0.25, -0.2) is 4.79 Å². The molecular weight excluding hydrogens is 577 g/mol. The standard InChI is InChI=1S/C28H31Cl2N3O6S/c1-39-20-7-3-17(4-8-20)15-23(34)31-16-21(28(37)38)32-27(36)19-11-13-33(14-12-19)24(35)10-6-18-5-9-22(40-2)26(30)25(18)29/h3-10,19,21H,11-16H2,1-2H3,(H,31,34)(H,32,36)(H,37,38). The molecule has 1 atom stereocenters. The van der Waals surface area contributed by atoms with E-state index in [1.807, 2.05) is 12.3 Å². The number of hydrogen-bond acceptors (Lipinski definition) is 6. The van der Waals surface area contributed by atoms with Gasteiger partial charge in [0.05, 0.1) is 23.6 Å². The summed E-state index contributed by atoms with van der Waals surface area (Å²) in [5, 5.41) is 15.4. The van der Waals surface area contributed by atoms with Crippen LogP contribution in [-0.2, 0) is 25.6 Å². The first-order valence-corrected chi connectivity index (χ1v) is 14.5. The van der Waals surface area contributed by atoms with E-state index in [9.17, 15) is 24.3 Å². The lowest BCUT2D eigenvalue weighted by atomic mass is 9.95. The second kappa shape index (κ2) is 15.0. The van der Waals surface area contributed by atoms with Gasteiger partial charge in [-0.15, -0.1) is 11.8 Å². The molecule has 0 bridgehead atoms. The van der Waals surface area contributed by atoms with Crippen molar-refractivity contribution in [2.24, 2.45) is 5.92 Å². The molecule has 0 aromatic heterocycles. The second-order valence-electron chi connectivity index (χ2n) is 9.15. The summed E-state index contributed by atoms with van der Waals surface area (Å²) in [6.07, 6.45) is 5.76. The SMILES string of the molecule is COc1ccc(CC(=O)NCC(NC(=O)C2CCN(C(=O)C=Cc3ccc(SC)c(Cl)c3Cl)CC2)C(=O)O)cc1. The fourth-order valence-corrected chi connectivity index (χ4v) is 5.33. The highest BCUT2D eigenvalue weighted by Gasteiger charge is 2.30. The van der Waals surface area contributed by atoms with Gasteiger partial charge in [-0.05, 0) is 54.5 Å². The van der Waals surface area contributed by atoms with Gasteiger partial charge in [0.1, 0.15) is 11.8 Å². The van der Waals surface area contributed by atoms with Gasteiger partial charge < -0.3 is 25.4 Å². The van der Waals surface area contributed by atoms with Crippen LogP contribution >= 0.6 is 35.0 Å². The predicted molar refractivity (Wildman–Crippen MR) is 156 cm³/mol. The Morgan fingerprint density at radius 3 is 2.38 bits per heavy atom. The quantitative estimate of drug-likeness (QED) is 0.261. The van der Waals surface area contributed by atoms with Crippen molar-refractivity contribution < 1.29 is 29.0 Å². The molecule has 1 aliphatic heterocycles. The number of carbonyl (C=O) groups excluding carboxylic acids is 3. The molecule has 0 saturated carbocycles. The smallest absolute Gasteiger partial charge is 0.328 e. The Balaban J connectivity index is 1.46. The Bertz CT molecular complexity index is 1260. The van der Waals surface area contributed by atoms with Crippen LogP contribution in [0.25, 0.3) is 6.08 Å². The highest BCUT2D eigenvalue weighted by atomic mass is 35.5. The lowest BCUT2D eigenvalue weighted by Gasteiger charge is -2.31. The normalized spacial score (nSPS) is 14.6. The monoisotopic (exact) mass is 607 g/mol. The Morgan fingerprint density at radius 2 is 1.77 bits per heavy atom. The molecule has 214 valence electrons. The number of aliphatic carboxylic acids is 1. The van der Waals surface area contributed by atoms with Crippen LogP contribution in [0.15, 0.2) is 47.4 Å². The minimum absolute atomic E-state index is 0.0631. The topological polar surface area (TPSA) is 125 Å². The van der Waals surface area contributed by atoms with Crippen LogP contribution in [0.5, 0.6) is 5.75 Å². The maximum Gasteiger partial charge on any atom is 0.328 e. The lowest BCUT2D eigenvalue weighted by Crippen LogP contribution is -2.51. The fourth-order valence-electron chi connectivity index (χ4n) is 4.16. The Hall–Kier alpha value is -3.21. The zero-order valence-corrected chi connectivity index (χ0v) is 24.4. The number of nitrogens with one attached hydrogen (secondary N) is 2. The van der Waals surface area contributed by atoms with E-state index in [1.54, 1.807) is 48.4 Å². The first kappa shape index (κ1) is 31.3. The summed E-state index contributed by atoms with van der Waals surface area (Å²) < 4.78 is 5.09. The molecule has 0 spiro atoms. The van der Waals surface area contributed by atoms with E-state index in [0.717, 1.165) is 10.5 Å². The van der Waals surface area contributed by atoms with Crippen molar-refractivity contribution in [2.45, 2.75) is 30.2 Å². The molecule has 2 aromatic carbocycles. The number of piperidine rings is 1. The molecule has 1 heterocycles. The molecule has 3 rings (SSSR count). The number of hydrogen-bond donors (Lipinski definition) is 3. The summed E-state index contributed by atoms with van der Waals surface area (Å²) in [6, 6.07) is 9.31. The van der Waals surface area contributed by atoms with Gasteiger partial charge >= 0.3 is 5.97 Å². The van der Waals surface area contributed by atoms with Crippen LogP contribution in [0.3, 0.4) is 0 Å².